The molecule has 4 rings (SSSR count). The van der Waals surface area contributed by atoms with E-state index in [9.17, 15) is 4.79 Å². The maximum absolute atomic E-state index is 12.2. The summed E-state index contributed by atoms with van der Waals surface area (Å²) in [6.45, 7) is 0.977. The fraction of sp³-hybridized carbons (Fsp3) is 0.389. The van der Waals surface area contributed by atoms with Gasteiger partial charge in [0.15, 0.2) is 0 Å². The van der Waals surface area contributed by atoms with Crippen molar-refractivity contribution in [2.45, 2.75) is 31.3 Å². The van der Waals surface area contributed by atoms with Gasteiger partial charge < -0.3 is 21.3 Å². The minimum absolute atomic E-state index is 0.000988. The Labute approximate surface area is 146 Å². The van der Waals surface area contributed by atoms with Gasteiger partial charge in [0.05, 0.1) is 12.6 Å². The lowest BCUT2D eigenvalue weighted by molar-refractivity contribution is -0.121. The average molecular weight is 338 g/mol. The molecule has 2 aliphatic rings. The van der Waals surface area contributed by atoms with Gasteiger partial charge >= 0.3 is 0 Å². The minimum Gasteiger partial charge on any atom is -0.368 e. The Hall–Kier alpha value is -2.83. The van der Waals surface area contributed by atoms with Crippen molar-refractivity contribution in [2.24, 2.45) is 0 Å². The van der Waals surface area contributed by atoms with Crippen molar-refractivity contribution < 1.29 is 4.79 Å². The molecule has 0 radical (unpaired) electrons. The number of nitrogens with zero attached hydrogens (tertiary/aromatic N) is 3. The number of carbonyl (C=O) groups is 1. The summed E-state index contributed by atoms with van der Waals surface area (Å²) in [7, 11) is 0. The van der Waals surface area contributed by atoms with Crippen LogP contribution < -0.4 is 21.3 Å². The van der Waals surface area contributed by atoms with Crippen molar-refractivity contribution in [1.82, 2.24) is 15.3 Å². The lowest BCUT2D eigenvalue weighted by atomic mass is 10.0. The first-order valence-corrected chi connectivity index (χ1v) is 8.65. The highest BCUT2D eigenvalue weighted by molar-refractivity contribution is 5.83. The fourth-order valence-corrected chi connectivity index (χ4v) is 3.14. The molecule has 1 saturated heterocycles. The maximum Gasteiger partial charge on any atom is 0.239 e. The molecule has 2 heterocycles. The summed E-state index contributed by atoms with van der Waals surface area (Å²) in [5.41, 5.74) is 7.07. The fourth-order valence-electron chi connectivity index (χ4n) is 3.14. The molecule has 1 aromatic heterocycles. The van der Waals surface area contributed by atoms with Gasteiger partial charge in [-0.15, -0.1) is 0 Å². The summed E-state index contributed by atoms with van der Waals surface area (Å²) in [6, 6.07) is 12.6. The van der Waals surface area contributed by atoms with E-state index in [1.54, 1.807) is 0 Å². The molecule has 1 atom stereocenters. The molecule has 4 N–H and O–H groups in total. The molecule has 25 heavy (non-hydrogen) atoms. The number of piperazine rings is 1. The van der Waals surface area contributed by atoms with E-state index in [1.807, 2.05) is 29.2 Å². The van der Waals surface area contributed by atoms with E-state index >= 15 is 0 Å². The molecule has 2 fully saturated rings. The molecule has 1 amide bonds. The molecule has 1 aliphatic carbocycles. The standard InChI is InChI=1S/C18H22N6O/c19-18-22-15(20-13-6-7-13)9-16(23-18)24-10-14(21-17(25)11-24)8-12-4-2-1-3-5-12/h1-5,9,13-14H,6-8,10-11H2,(H,21,25)(H3,19,20,22,23)/t14-/m0/s1. The molecule has 7 nitrogen and oxygen atoms in total. The van der Waals surface area contributed by atoms with Crippen LogP contribution in [0.1, 0.15) is 18.4 Å². The summed E-state index contributed by atoms with van der Waals surface area (Å²) < 4.78 is 0. The van der Waals surface area contributed by atoms with Crippen LogP contribution in [0.4, 0.5) is 17.6 Å². The SMILES string of the molecule is Nc1nc(NC2CC2)cc(N2CC(=O)N[C@@H](Cc3ccccc3)C2)n1. The van der Waals surface area contributed by atoms with E-state index in [2.05, 4.69) is 32.7 Å². The Morgan fingerprint density at radius 2 is 2.04 bits per heavy atom. The molecule has 130 valence electrons. The first-order chi connectivity index (χ1) is 12.2. The average Bonchev–Trinajstić information content (AvgIpc) is 3.39. The molecule has 1 aliphatic heterocycles. The number of hydrogen-bond acceptors (Lipinski definition) is 6. The van der Waals surface area contributed by atoms with Gasteiger partial charge in [0, 0.05) is 18.7 Å². The van der Waals surface area contributed by atoms with Crippen LogP contribution >= 0.6 is 0 Å². The first kappa shape index (κ1) is 15.7. The highest BCUT2D eigenvalue weighted by Crippen LogP contribution is 2.26. The van der Waals surface area contributed by atoms with Crippen LogP contribution in [0.25, 0.3) is 0 Å². The number of carbonyl (C=O) groups excluding carboxylic acids is 1. The second-order valence-corrected chi connectivity index (χ2v) is 6.72. The Morgan fingerprint density at radius 3 is 2.80 bits per heavy atom. The Morgan fingerprint density at radius 1 is 1.24 bits per heavy atom. The van der Waals surface area contributed by atoms with Gasteiger partial charge in [0.2, 0.25) is 11.9 Å². The van der Waals surface area contributed by atoms with Crippen LogP contribution in [-0.2, 0) is 11.2 Å². The third kappa shape index (κ3) is 3.99. The van der Waals surface area contributed by atoms with Crippen LogP contribution in [0, 0.1) is 0 Å². The predicted octanol–water partition coefficient (Wildman–Crippen LogP) is 1.18. The smallest absolute Gasteiger partial charge is 0.239 e. The van der Waals surface area contributed by atoms with Gasteiger partial charge in [-0.3, -0.25) is 4.79 Å². The van der Waals surface area contributed by atoms with Crippen LogP contribution in [-0.4, -0.2) is 41.0 Å². The lowest BCUT2D eigenvalue weighted by Crippen LogP contribution is -2.55. The number of amides is 1. The number of hydrogen-bond donors (Lipinski definition) is 3. The van der Waals surface area contributed by atoms with Crippen molar-refractivity contribution in [3.05, 3.63) is 42.0 Å². The van der Waals surface area contributed by atoms with Crippen molar-refractivity contribution in [3.8, 4) is 0 Å². The maximum atomic E-state index is 12.2. The number of aromatic nitrogens is 2. The summed E-state index contributed by atoms with van der Waals surface area (Å²) in [4.78, 5) is 22.7. The lowest BCUT2D eigenvalue weighted by Gasteiger charge is -2.34. The molecule has 0 unspecified atom stereocenters. The van der Waals surface area contributed by atoms with Crippen molar-refractivity contribution in [3.63, 3.8) is 0 Å². The highest BCUT2D eigenvalue weighted by Gasteiger charge is 2.27. The number of benzene rings is 1. The van der Waals surface area contributed by atoms with E-state index < -0.39 is 0 Å². The zero-order valence-corrected chi connectivity index (χ0v) is 14.0. The molecule has 0 bridgehead atoms. The largest absolute Gasteiger partial charge is 0.368 e. The number of nitrogens with two attached hydrogens (primary N) is 1. The summed E-state index contributed by atoms with van der Waals surface area (Å²) in [5, 5.41) is 6.41. The zero-order valence-electron chi connectivity index (χ0n) is 14.0. The molecule has 1 aromatic carbocycles. The van der Waals surface area contributed by atoms with Gasteiger partial charge in [0.1, 0.15) is 11.6 Å². The Bertz CT molecular complexity index is 761. The third-order valence-corrected chi connectivity index (χ3v) is 4.45. The second-order valence-electron chi connectivity index (χ2n) is 6.72. The van der Waals surface area contributed by atoms with Crippen molar-refractivity contribution >= 4 is 23.5 Å². The third-order valence-electron chi connectivity index (χ3n) is 4.45. The summed E-state index contributed by atoms with van der Waals surface area (Å²) in [6.07, 6.45) is 3.10. The van der Waals surface area contributed by atoms with Gasteiger partial charge in [-0.05, 0) is 24.8 Å². The first-order valence-electron chi connectivity index (χ1n) is 8.65. The molecular formula is C18H22N6O. The molecule has 2 aromatic rings. The normalized spacial score (nSPS) is 20.2. The van der Waals surface area contributed by atoms with Crippen LogP contribution in [0.3, 0.4) is 0 Å². The number of nitrogen functional groups attached to an aromatic ring is 1. The van der Waals surface area contributed by atoms with Crippen molar-refractivity contribution in [1.29, 1.82) is 0 Å². The second kappa shape index (κ2) is 6.58. The number of rotatable bonds is 5. The monoisotopic (exact) mass is 338 g/mol. The number of nitrogens with one attached hydrogen (secondary N) is 2. The van der Waals surface area contributed by atoms with Gasteiger partial charge in [-0.25, -0.2) is 0 Å². The van der Waals surface area contributed by atoms with Gasteiger partial charge in [0.25, 0.3) is 0 Å². The predicted molar refractivity (Wildman–Crippen MR) is 97.4 cm³/mol. The summed E-state index contributed by atoms with van der Waals surface area (Å²) in [5.74, 6) is 1.66. The quantitative estimate of drug-likeness (QED) is 0.758. The van der Waals surface area contributed by atoms with E-state index in [1.165, 1.54) is 5.56 Å². The van der Waals surface area contributed by atoms with E-state index in [4.69, 9.17) is 5.73 Å². The zero-order chi connectivity index (χ0) is 17.2. The van der Waals surface area contributed by atoms with E-state index in [0.29, 0.717) is 18.4 Å². The molecule has 7 heteroatoms. The van der Waals surface area contributed by atoms with E-state index in [0.717, 1.165) is 25.1 Å². The molecule has 1 saturated carbocycles. The van der Waals surface area contributed by atoms with Crippen LogP contribution in [0.2, 0.25) is 0 Å². The molecule has 0 spiro atoms. The van der Waals surface area contributed by atoms with Crippen molar-refractivity contribution in [2.75, 3.05) is 29.0 Å². The van der Waals surface area contributed by atoms with E-state index in [-0.39, 0.29) is 24.4 Å². The van der Waals surface area contributed by atoms with Crippen LogP contribution in [0.15, 0.2) is 36.4 Å². The Balaban J connectivity index is 1.50. The molecular weight excluding hydrogens is 316 g/mol. The van der Waals surface area contributed by atoms with Crippen LogP contribution in [0.5, 0.6) is 0 Å². The topological polar surface area (TPSA) is 96.2 Å². The Kier molecular flexibility index (Phi) is 4.13. The number of anilines is 3. The minimum atomic E-state index is 0.000988. The summed E-state index contributed by atoms with van der Waals surface area (Å²) >= 11 is 0. The van der Waals surface area contributed by atoms with Gasteiger partial charge in [-0.2, -0.15) is 9.97 Å². The van der Waals surface area contributed by atoms with Gasteiger partial charge in [-0.1, -0.05) is 30.3 Å². The highest BCUT2D eigenvalue weighted by atomic mass is 16.2.